The molecule has 19 heavy (non-hydrogen) atoms. The summed E-state index contributed by atoms with van der Waals surface area (Å²) in [6.45, 7) is 0. The lowest BCUT2D eigenvalue weighted by Gasteiger charge is -2.10. The summed E-state index contributed by atoms with van der Waals surface area (Å²) in [5.74, 6) is -1.81. The van der Waals surface area contributed by atoms with Gasteiger partial charge in [-0.25, -0.2) is 12.8 Å². The Balaban J connectivity index is 2.14. The quantitative estimate of drug-likeness (QED) is 0.879. The highest BCUT2D eigenvalue weighted by Crippen LogP contribution is 2.22. The van der Waals surface area contributed by atoms with Crippen molar-refractivity contribution in [2.24, 2.45) is 5.92 Å². The van der Waals surface area contributed by atoms with E-state index in [1.807, 2.05) is 0 Å². The van der Waals surface area contributed by atoms with Crippen LogP contribution in [0.3, 0.4) is 0 Å². The van der Waals surface area contributed by atoms with Crippen LogP contribution in [0.15, 0.2) is 18.2 Å². The van der Waals surface area contributed by atoms with Gasteiger partial charge in [0, 0.05) is 0 Å². The van der Waals surface area contributed by atoms with E-state index in [0.29, 0.717) is 0 Å². The van der Waals surface area contributed by atoms with Crippen molar-refractivity contribution in [3.05, 3.63) is 29.6 Å². The number of anilines is 1. The van der Waals surface area contributed by atoms with E-state index in [1.165, 1.54) is 6.07 Å². The number of carbonyl (C=O) groups is 1. The minimum absolute atomic E-state index is 0.000385. The number of hydrogen-bond donors (Lipinski definition) is 1. The van der Waals surface area contributed by atoms with Crippen molar-refractivity contribution in [3.63, 3.8) is 0 Å². The smallest absolute Gasteiger partial charge is 0.228 e. The standard InChI is InChI=1S/C12H11FN2O3S/c13-10-1-2-11(9(5-10)6-14)15-12(16)8-3-4-19(17,18)7-8/h1-2,5,8H,3-4,7H2,(H,15,16). The fraction of sp³-hybridized carbons (Fsp3) is 0.333. The molecule has 1 N–H and O–H groups in total. The Morgan fingerprint density at radius 3 is 2.79 bits per heavy atom. The topological polar surface area (TPSA) is 87.0 Å². The highest BCUT2D eigenvalue weighted by atomic mass is 32.2. The van der Waals surface area contributed by atoms with Gasteiger partial charge in [0.2, 0.25) is 5.91 Å². The monoisotopic (exact) mass is 282 g/mol. The SMILES string of the molecule is N#Cc1cc(F)ccc1NC(=O)C1CCS(=O)(=O)C1. The van der Waals surface area contributed by atoms with Gasteiger partial charge in [0.25, 0.3) is 0 Å². The summed E-state index contributed by atoms with van der Waals surface area (Å²) in [5, 5.41) is 11.3. The molecule has 0 bridgehead atoms. The molecular formula is C12H11FN2O3S. The second kappa shape index (κ2) is 4.97. The van der Waals surface area contributed by atoms with Gasteiger partial charge in [0.05, 0.1) is 28.7 Å². The van der Waals surface area contributed by atoms with Crippen LogP contribution in [-0.2, 0) is 14.6 Å². The van der Waals surface area contributed by atoms with Crippen LogP contribution in [-0.4, -0.2) is 25.8 Å². The highest BCUT2D eigenvalue weighted by Gasteiger charge is 2.33. The van der Waals surface area contributed by atoms with Crippen LogP contribution < -0.4 is 5.32 Å². The first kappa shape index (κ1) is 13.5. The van der Waals surface area contributed by atoms with Gasteiger partial charge < -0.3 is 5.32 Å². The molecule has 1 aliphatic rings. The maximum Gasteiger partial charge on any atom is 0.228 e. The van der Waals surface area contributed by atoms with Gasteiger partial charge in [-0.3, -0.25) is 4.79 Å². The van der Waals surface area contributed by atoms with Gasteiger partial charge in [-0.15, -0.1) is 0 Å². The molecule has 1 unspecified atom stereocenters. The fourth-order valence-electron chi connectivity index (χ4n) is 1.95. The lowest BCUT2D eigenvalue weighted by molar-refractivity contribution is -0.119. The Morgan fingerprint density at radius 2 is 2.21 bits per heavy atom. The van der Waals surface area contributed by atoms with E-state index in [2.05, 4.69) is 5.32 Å². The van der Waals surface area contributed by atoms with Crippen molar-refractivity contribution in [2.75, 3.05) is 16.8 Å². The molecule has 2 rings (SSSR count). The zero-order valence-corrected chi connectivity index (χ0v) is 10.7. The van der Waals surface area contributed by atoms with E-state index in [0.717, 1.165) is 12.1 Å². The molecule has 7 heteroatoms. The van der Waals surface area contributed by atoms with Crippen LogP contribution in [0, 0.1) is 23.1 Å². The maximum absolute atomic E-state index is 12.9. The molecule has 1 fully saturated rings. The van der Waals surface area contributed by atoms with Gasteiger partial charge in [-0.05, 0) is 24.6 Å². The number of hydrogen-bond acceptors (Lipinski definition) is 4. The third-order valence-electron chi connectivity index (χ3n) is 2.96. The molecule has 1 aromatic rings. The van der Waals surface area contributed by atoms with Crippen LogP contribution in [0.4, 0.5) is 10.1 Å². The average Bonchev–Trinajstić information content (AvgIpc) is 2.72. The van der Waals surface area contributed by atoms with Gasteiger partial charge in [0.15, 0.2) is 9.84 Å². The van der Waals surface area contributed by atoms with Gasteiger partial charge in [0.1, 0.15) is 11.9 Å². The van der Waals surface area contributed by atoms with E-state index >= 15 is 0 Å². The minimum atomic E-state index is -3.14. The van der Waals surface area contributed by atoms with E-state index < -0.39 is 27.5 Å². The predicted molar refractivity (Wildman–Crippen MR) is 66.5 cm³/mol. The van der Waals surface area contributed by atoms with Crippen LogP contribution in [0.2, 0.25) is 0 Å². The Morgan fingerprint density at radius 1 is 1.47 bits per heavy atom. The number of amides is 1. The Hall–Kier alpha value is -1.94. The normalized spacial score (nSPS) is 20.7. The first-order valence-electron chi connectivity index (χ1n) is 5.62. The summed E-state index contributed by atoms with van der Waals surface area (Å²) in [7, 11) is -3.14. The van der Waals surface area contributed by atoms with Gasteiger partial charge in [-0.2, -0.15) is 5.26 Å². The van der Waals surface area contributed by atoms with E-state index in [-0.39, 0.29) is 29.2 Å². The first-order valence-corrected chi connectivity index (χ1v) is 7.44. The van der Waals surface area contributed by atoms with Crippen LogP contribution >= 0.6 is 0 Å². The van der Waals surface area contributed by atoms with Crippen LogP contribution in [0.25, 0.3) is 0 Å². The molecule has 5 nitrogen and oxygen atoms in total. The lowest BCUT2D eigenvalue weighted by atomic mass is 10.1. The fourth-order valence-corrected chi connectivity index (χ4v) is 3.70. The predicted octanol–water partition coefficient (Wildman–Crippen LogP) is 1.07. The third-order valence-corrected chi connectivity index (χ3v) is 4.73. The molecule has 0 spiro atoms. The number of nitrogens with one attached hydrogen (secondary N) is 1. The second-order valence-electron chi connectivity index (χ2n) is 4.39. The van der Waals surface area contributed by atoms with E-state index in [9.17, 15) is 17.6 Å². The summed E-state index contributed by atoms with van der Waals surface area (Å²) in [6.07, 6.45) is 0.275. The molecule has 1 aliphatic heterocycles. The molecule has 1 heterocycles. The van der Waals surface area contributed by atoms with Crippen molar-refractivity contribution < 1.29 is 17.6 Å². The zero-order valence-electron chi connectivity index (χ0n) is 9.89. The molecule has 1 amide bonds. The summed E-state index contributed by atoms with van der Waals surface area (Å²) in [5.41, 5.74) is 0.201. The maximum atomic E-state index is 12.9. The van der Waals surface area contributed by atoms with Crippen molar-refractivity contribution in [1.82, 2.24) is 0 Å². The summed E-state index contributed by atoms with van der Waals surface area (Å²) < 4.78 is 35.5. The third kappa shape index (κ3) is 3.09. The summed E-state index contributed by atoms with van der Waals surface area (Å²) in [4.78, 5) is 11.9. The Bertz CT molecular complexity index is 664. The molecule has 0 aromatic heterocycles. The van der Waals surface area contributed by atoms with Gasteiger partial charge >= 0.3 is 0 Å². The second-order valence-corrected chi connectivity index (χ2v) is 6.62. The number of nitrogens with zero attached hydrogens (tertiary/aromatic N) is 1. The number of nitriles is 1. The van der Waals surface area contributed by atoms with Crippen molar-refractivity contribution in [3.8, 4) is 6.07 Å². The molecule has 0 saturated carbocycles. The largest absolute Gasteiger partial charge is 0.325 e. The van der Waals surface area contributed by atoms with E-state index in [4.69, 9.17) is 5.26 Å². The van der Waals surface area contributed by atoms with Crippen molar-refractivity contribution in [1.29, 1.82) is 5.26 Å². The molecule has 1 saturated heterocycles. The highest BCUT2D eigenvalue weighted by molar-refractivity contribution is 7.91. The molecule has 1 aromatic carbocycles. The average molecular weight is 282 g/mol. The number of halogens is 1. The Kier molecular flexibility index (Phi) is 3.53. The number of benzene rings is 1. The van der Waals surface area contributed by atoms with E-state index in [1.54, 1.807) is 6.07 Å². The number of sulfone groups is 1. The summed E-state index contributed by atoms with van der Waals surface area (Å²) >= 11 is 0. The molecule has 0 aliphatic carbocycles. The molecular weight excluding hydrogens is 271 g/mol. The lowest BCUT2D eigenvalue weighted by Crippen LogP contribution is -2.24. The number of carbonyl (C=O) groups excluding carboxylic acids is 1. The number of rotatable bonds is 2. The molecule has 100 valence electrons. The molecule has 0 radical (unpaired) electrons. The molecule has 1 atom stereocenters. The minimum Gasteiger partial charge on any atom is -0.325 e. The zero-order chi connectivity index (χ0) is 14.0. The summed E-state index contributed by atoms with van der Waals surface area (Å²) in [6, 6.07) is 5.20. The first-order chi connectivity index (χ1) is 8.91. The van der Waals surface area contributed by atoms with Crippen molar-refractivity contribution in [2.45, 2.75) is 6.42 Å². The van der Waals surface area contributed by atoms with Crippen LogP contribution in [0.5, 0.6) is 0 Å². The Labute approximate surface area is 110 Å². The van der Waals surface area contributed by atoms with Crippen molar-refractivity contribution >= 4 is 21.4 Å². The van der Waals surface area contributed by atoms with Crippen LogP contribution in [0.1, 0.15) is 12.0 Å². The van der Waals surface area contributed by atoms with Gasteiger partial charge in [-0.1, -0.05) is 0 Å².